The van der Waals surface area contributed by atoms with E-state index in [1.165, 1.54) is 0 Å². The number of nitrogens with one attached hydrogen (secondary N) is 2. The van der Waals surface area contributed by atoms with Crippen molar-refractivity contribution in [3.05, 3.63) is 29.8 Å². The largest absolute Gasteiger partial charge is 0.481 e. The predicted octanol–water partition coefficient (Wildman–Crippen LogP) is 1.15. The molecule has 0 aliphatic carbocycles. The number of imide groups is 1. The van der Waals surface area contributed by atoms with E-state index in [0.717, 1.165) is 25.1 Å². The van der Waals surface area contributed by atoms with Gasteiger partial charge in [-0.15, -0.1) is 0 Å². The van der Waals surface area contributed by atoms with E-state index < -0.39 is 18.0 Å². The van der Waals surface area contributed by atoms with Crippen molar-refractivity contribution in [3.63, 3.8) is 0 Å². The van der Waals surface area contributed by atoms with Gasteiger partial charge >= 0.3 is 6.03 Å². The van der Waals surface area contributed by atoms with Crippen LogP contribution in [0.25, 0.3) is 0 Å². The monoisotopic (exact) mass is 279 g/mol. The number of hydrogen-bond acceptors (Lipinski definition) is 4. The summed E-state index contributed by atoms with van der Waals surface area (Å²) in [5.74, 6) is 0.00236. The standard InChI is InChI=1S/C14H21N3O3/c1-3-8-16-9-11-4-6-12(7-5-11)20-10(2)13(18)17-14(15)19/h4-7,10,16H,3,8-9H2,1-2H3,(H3,15,17,18,19). The Morgan fingerprint density at radius 1 is 1.30 bits per heavy atom. The number of carbonyl (C=O) groups excluding carboxylic acids is 2. The van der Waals surface area contributed by atoms with Gasteiger partial charge < -0.3 is 15.8 Å². The number of rotatable bonds is 7. The van der Waals surface area contributed by atoms with Crippen LogP contribution in [0.15, 0.2) is 24.3 Å². The lowest BCUT2D eigenvalue weighted by Gasteiger charge is -2.13. The topological polar surface area (TPSA) is 93.4 Å². The van der Waals surface area contributed by atoms with Gasteiger partial charge in [0.2, 0.25) is 0 Å². The van der Waals surface area contributed by atoms with Gasteiger partial charge in [0.1, 0.15) is 5.75 Å². The molecule has 0 spiro atoms. The van der Waals surface area contributed by atoms with E-state index in [2.05, 4.69) is 12.2 Å². The highest BCUT2D eigenvalue weighted by molar-refractivity contribution is 5.95. The molecule has 0 saturated carbocycles. The molecule has 0 aliphatic rings. The molecule has 6 nitrogen and oxygen atoms in total. The van der Waals surface area contributed by atoms with Gasteiger partial charge in [-0.2, -0.15) is 0 Å². The van der Waals surface area contributed by atoms with Crippen molar-refractivity contribution in [1.82, 2.24) is 10.6 Å². The van der Waals surface area contributed by atoms with Crippen LogP contribution in [-0.2, 0) is 11.3 Å². The third-order valence-corrected chi connectivity index (χ3v) is 2.61. The van der Waals surface area contributed by atoms with Crippen molar-refractivity contribution in [2.45, 2.75) is 32.9 Å². The molecule has 0 bridgehead atoms. The third kappa shape index (κ3) is 5.71. The van der Waals surface area contributed by atoms with Crippen molar-refractivity contribution in [1.29, 1.82) is 0 Å². The Bertz CT molecular complexity index is 445. The average Bonchev–Trinajstić information content (AvgIpc) is 2.40. The molecule has 0 fully saturated rings. The van der Waals surface area contributed by atoms with Gasteiger partial charge in [-0.25, -0.2) is 4.79 Å². The van der Waals surface area contributed by atoms with Crippen molar-refractivity contribution < 1.29 is 14.3 Å². The Labute approximate surface area is 118 Å². The highest BCUT2D eigenvalue weighted by atomic mass is 16.5. The number of carbonyl (C=O) groups is 2. The molecule has 1 aromatic rings. The first-order chi connectivity index (χ1) is 9.52. The van der Waals surface area contributed by atoms with Gasteiger partial charge in [-0.1, -0.05) is 19.1 Å². The van der Waals surface area contributed by atoms with Crippen LogP contribution in [0.1, 0.15) is 25.8 Å². The summed E-state index contributed by atoms with van der Waals surface area (Å²) >= 11 is 0. The normalized spacial score (nSPS) is 11.7. The Morgan fingerprint density at radius 2 is 1.95 bits per heavy atom. The van der Waals surface area contributed by atoms with Gasteiger partial charge in [-0.05, 0) is 37.6 Å². The zero-order chi connectivity index (χ0) is 15.0. The summed E-state index contributed by atoms with van der Waals surface area (Å²) < 4.78 is 5.42. The summed E-state index contributed by atoms with van der Waals surface area (Å²) in [7, 11) is 0. The molecule has 0 aromatic heterocycles. The van der Waals surface area contributed by atoms with Crippen LogP contribution in [0.5, 0.6) is 5.75 Å². The highest BCUT2D eigenvalue weighted by Crippen LogP contribution is 2.14. The summed E-state index contributed by atoms with van der Waals surface area (Å²) in [6, 6.07) is 6.55. The third-order valence-electron chi connectivity index (χ3n) is 2.61. The summed E-state index contributed by atoms with van der Waals surface area (Å²) in [5.41, 5.74) is 6.01. The Balaban J connectivity index is 2.48. The number of urea groups is 1. The first-order valence-electron chi connectivity index (χ1n) is 6.59. The minimum absolute atomic E-state index is 0.564. The molecule has 1 unspecified atom stereocenters. The second-order valence-electron chi connectivity index (χ2n) is 4.43. The number of ether oxygens (including phenoxy) is 1. The van der Waals surface area contributed by atoms with Gasteiger partial charge in [0.05, 0.1) is 0 Å². The number of primary amides is 1. The second kappa shape index (κ2) is 8.16. The average molecular weight is 279 g/mol. The van der Waals surface area contributed by atoms with E-state index in [1.54, 1.807) is 19.1 Å². The van der Waals surface area contributed by atoms with E-state index in [1.807, 2.05) is 17.4 Å². The maximum atomic E-state index is 11.5. The van der Waals surface area contributed by atoms with Crippen LogP contribution < -0.4 is 21.1 Å². The van der Waals surface area contributed by atoms with E-state index in [4.69, 9.17) is 10.5 Å². The van der Waals surface area contributed by atoms with Crippen LogP contribution in [0, 0.1) is 0 Å². The lowest BCUT2D eigenvalue weighted by molar-refractivity contribution is -0.126. The van der Waals surface area contributed by atoms with Crippen molar-refractivity contribution in [2.24, 2.45) is 5.73 Å². The molecule has 1 atom stereocenters. The fourth-order valence-corrected chi connectivity index (χ4v) is 1.58. The van der Waals surface area contributed by atoms with Crippen LogP contribution in [0.3, 0.4) is 0 Å². The minimum atomic E-state index is -0.886. The van der Waals surface area contributed by atoms with E-state index in [9.17, 15) is 9.59 Å². The molecule has 0 heterocycles. The van der Waals surface area contributed by atoms with Crippen molar-refractivity contribution in [3.8, 4) is 5.75 Å². The molecule has 4 N–H and O–H groups in total. The molecule has 6 heteroatoms. The highest BCUT2D eigenvalue weighted by Gasteiger charge is 2.15. The maximum absolute atomic E-state index is 11.5. The zero-order valence-electron chi connectivity index (χ0n) is 11.8. The molecule has 3 amide bonds. The fourth-order valence-electron chi connectivity index (χ4n) is 1.58. The van der Waals surface area contributed by atoms with Crippen LogP contribution >= 0.6 is 0 Å². The summed E-state index contributed by atoms with van der Waals surface area (Å²) in [5, 5.41) is 5.27. The second-order valence-corrected chi connectivity index (χ2v) is 4.43. The fraction of sp³-hybridized carbons (Fsp3) is 0.429. The van der Waals surface area contributed by atoms with E-state index in [-0.39, 0.29) is 0 Å². The quantitative estimate of drug-likeness (QED) is 0.653. The van der Waals surface area contributed by atoms with Gasteiger partial charge in [0.15, 0.2) is 6.10 Å². The summed E-state index contributed by atoms with van der Waals surface area (Å²) in [6.45, 7) is 5.44. The zero-order valence-corrected chi connectivity index (χ0v) is 11.8. The Hall–Kier alpha value is -2.08. The van der Waals surface area contributed by atoms with Gasteiger partial charge in [-0.3, -0.25) is 10.1 Å². The number of benzene rings is 1. The Kier molecular flexibility index (Phi) is 6.52. The SMILES string of the molecule is CCCNCc1ccc(OC(C)C(=O)NC(N)=O)cc1. The van der Waals surface area contributed by atoms with Crippen LogP contribution in [0.4, 0.5) is 4.79 Å². The number of hydrogen-bond donors (Lipinski definition) is 3. The van der Waals surface area contributed by atoms with Crippen molar-refractivity contribution in [2.75, 3.05) is 6.54 Å². The molecule has 0 aliphatic heterocycles. The molecule has 0 saturated heterocycles. The molecule has 1 aromatic carbocycles. The van der Waals surface area contributed by atoms with Gasteiger partial charge in [0.25, 0.3) is 5.91 Å². The van der Waals surface area contributed by atoms with Crippen molar-refractivity contribution >= 4 is 11.9 Å². The first-order valence-corrected chi connectivity index (χ1v) is 6.59. The summed E-state index contributed by atoms with van der Waals surface area (Å²) in [6.07, 6.45) is 0.305. The maximum Gasteiger partial charge on any atom is 0.318 e. The lowest BCUT2D eigenvalue weighted by atomic mass is 10.2. The lowest BCUT2D eigenvalue weighted by Crippen LogP contribution is -2.42. The van der Waals surface area contributed by atoms with E-state index in [0.29, 0.717) is 5.75 Å². The van der Waals surface area contributed by atoms with Crippen LogP contribution in [0.2, 0.25) is 0 Å². The number of amides is 3. The molecule has 0 radical (unpaired) electrons. The molecule has 110 valence electrons. The molecule has 20 heavy (non-hydrogen) atoms. The number of nitrogens with two attached hydrogens (primary N) is 1. The Morgan fingerprint density at radius 3 is 2.50 bits per heavy atom. The molecular formula is C14H21N3O3. The smallest absolute Gasteiger partial charge is 0.318 e. The summed E-state index contributed by atoms with van der Waals surface area (Å²) in [4.78, 5) is 22.0. The van der Waals surface area contributed by atoms with Gasteiger partial charge in [0, 0.05) is 6.54 Å². The van der Waals surface area contributed by atoms with E-state index >= 15 is 0 Å². The minimum Gasteiger partial charge on any atom is -0.481 e. The molecular weight excluding hydrogens is 258 g/mol. The predicted molar refractivity (Wildman–Crippen MR) is 76.3 cm³/mol. The van der Waals surface area contributed by atoms with Crippen LogP contribution in [-0.4, -0.2) is 24.6 Å². The molecule has 1 rings (SSSR count). The first kappa shape index (κ1) is 16.0.